The van der Waals surface area contributed by atoms with E-state index >= 15 is 0 Å². The lowest BCUT2D eigenvalue weighted by molar-refractivity contribution is 0.171. The molecule has 6 heteroatoms. The summed E-state index contributed by atoms with van der Waals surface area (Å²) < 4.78 is 1.99. The number of likely N-dealkylation sites (tertiary alicyclic amines) is 1. The Labute approximate surface area is 115 Å². The van der Waals surface area contributed by atoms with Crippen molar-refractivity contribution < 1.29 is 0 Å². The van der Waals surface area contributed by atoms with Crippen LogP contribution in [0.15, 0.2) is 18.5 Å². The van der Waals surface area contributed by atoms with Crippen LogP contribution in [0.1, 0.15) is 12.8 Å². The molecule has 1 atom stereocenters. The first-order valence-electron chi connectivity index (χ1n) is 5.78. The van der Waals surface area contributed by atoms with Crippen molar-refractivity contribution in [3.63, 3.8) is 0 Å². The predicted octanol–water partition coefficient (Wildman–Crippen LogP) is 1.40. The van der Waals surface area contributed by atoms with Crippen molar-refractivity contribution in [1.82, 2.24) is 14.7 Å². The van der Waals surface area contributed by atoms with Gasteiger partial charge in [-0.1, -0.05) is 0 Å². The lowest BCUT2D eigenvalue weighted by atomic mass is 9.98. The first-order chi connectivity index (χ1) is 7.38. The van der Waals surface area contributed by atoms with E-state index in [2.05, 4.69) is 10.00 Å². The fraction of sp³-hybridized carbons (Fsp3) is 0.727. The fourth-order valence-electron chi connectivity index (χ4n) is 2.22. The van der Waals surface area contributed by atoms with E-state index < -0.39 is 0 Å². The Kier molecular flexibility index (Phi) is 8.60. The van der Waals surface area contributed by atoms with Gasteiger partial charge in [0.15, 0.2) is 0 Å². The van der Waals surface area contributed by atoms with E-state index in [-0.39, 0.29) is 24.8 Å². The Morgan fingerprint density at radius 2 is 2.12 bits per heavy atom. The van der Waals surface area contributed by atoms with Crippen molar-refractivity contribution in [2.24, 2.45) is 11.7 Å². The Morgan fingerprint density at radius 3 is 2.76 bits per heavy atom. The lowest BCUT2D eigenvalue weighted by Gasteiger charge is -2.31. The smallest absolute Gasteiger partial charge is 0.0536 e. The molecule has 0 spiro atoms. The second-order valence-corrected chi connectivity index (χ2v) is 4.31. The van der Waals surface area contributed by atoms with Crippen LogP contribution in [0.5, 0.6) is 0 Å². The molecule has 0 saturated carbocycles. The maximum absolute atomic E-state index is 5.71. The molecular formula is C11H22Cl2N4. The predicted molar refractivity (Wildman–Crippen MR) is 74.9 cm³/mol. The van der Waals surface area contributed by atoms with E-state index in [1.165, 1.54) is 19.4 Å². The highest BCUT2D eigenvalue weighted by Gasteiger charge is 2.17. The van der Waals surface area contributed by atoms with E-state index in [4.69, 9.17) is 5.73 Å². The Bertz CT molecular complexity index is 279. The van der Waals surface area contributed by atoms with Gasteiger partial charge in [0.1, 0.15) is 0 Å². The van der Waals surface area contributed by atoms with Gasteiger partial charge in [0.2, 0.25) is 0 Å². The van der Waals surface area contributed by atoms with Gasteiger partial charge in [-0.15, -0.1) is 24.8 Å². The van der Waals surface area contributed by atoms with Crippen LogP contribution in [0.2, 0.25) is 0 Å². The molecule has 0 radical (unpaired) electrons. The molecule has 1 aromatic rings. The molecule has 1 aromatic heterocycles. The van der Waals surface area contributed by atoms with Crippen molar-refractivity contribution in [2.45, 2.75) is 19.4 Å². The van der Waals surface area contributed by atoms with Gasteiger partial charge >= 0.3 is 0 Å². The third-order valence-electron chi connectivity index (χ3n) is 3.14. The molecule has 0 amide bonds. The maximum Gasteiger partial charge on any atom is 0.0536 e. The van der Waals surface area contributed by atoms with Crippen LogP contribution in [0.3, 0.4) is 0 Å². The SMILES string of the molecule is Cl.Cl.NCC1CCCN(CCn2cccn2)C1. The van der Waals surface area contributed by atoms with E-state index in [0.29, 0.717) is 5.92 Å². The normalized spacial score (nSPS) is 20.4. The summed E-state index contributed by atoms with van der Waals surface area (Å²) in [6.07, 6.45) is 6.44. The van der Waals surface area contributed by atoms with Crippen molar-refractivity contribution in [2.75, 3.05) is 26.2 Å². The zero-order valence-corrected chi connectivity index (χ0v) is 11.6. The van der Waals surface area contributed by atoms with Crippen molar-refractivity contribution in [3.05, 3.63) is 18.5 Å². The van der Waals surface area contributed by atoms with Crippen LogP contribution in [-0.4, -0.2) is 40.9 Å². The number of aromatic nitrogens is 2. The standard InChI is InChI=1S/C11H20N4.2ClH/c12-9-11-3-1-5-14(10-11)7-8-15-6-2-4-13-15;;/h2,4,6,11H,1,3,5,7-10,12H2;2*1H. The van der Waals surface area contributed by atoms with E-state index in [9.17, 15) is 0 Å². The quantitative estimate of drug-likeness (QED) is 0.907. The minimum atomic E-state index is 0. The third kappa shape index (κ3) is 5.25. The van der Waals surface area contributed by atoms with Crippen LogP contribution < -0.4 is 5.73 Å². The zero-order chi connectivity index (χ0) is 10.5. The van der Waals surface area contributed by atoms with Gasteiger partial charge in [0.05, 0.1) is 6.54 Å². The maximum atomic E-state index is 5.71. The van der Waals surface area contributed by atoms with Gasteiger partial charge in [0, 0.05) is 25.5 Å². The number of hydrogen-bond acceptors (Lipinski definition) is 3. The first kappa shape index (κ1) is 16.7. The summed E-state index contributed by atoms with van der Waals surface area (Å²) in [6, 6.07) is 1.97. The number of rotatable bonds is 4. The van der Waals surface area contributed by atoms with Crippen LogP contribution in [0.4, 0.5) is 0 Å². The molecule has 1 unspecified atom stereocenters. The average molecular weight is 281 g/mol. The Hall–Kier alpha value is -0.290. The molecule has 1 fully saturated rings. The number of hydrogen-bond donors (Lipinski definition) is 1. The summed E-state index contributed by atoms with van der Waals surface area (Å²) in [6.45, 7) is 5.30. The molecule has 4 nitrogen and oxygen atoms in total. The molecule has 2 N–H and O–H groups in total. The van der Waals surface area contributed by atoms with E-state index in [0.717, 1.165) is 26.2 Å². The monoisotopic (exact) mass is 280 g/mol. The van der Waals surface area contributed by atoms with Crippen molar-refractivity contribution in [1.29, 1.82) is 0 Å². The van der Waals surface area contributed by atoms with Gasteiger partial charge in [-0.25, -0.2) is 0 Å². The third-order valence-corrected chi connectivity index (χ3v) is 3.14. The summed E-state index contributed by atoms with van der Waals surface area (Å²) >= 11 is 0. The van der Waals surface area contributed by atoms with E-state index in [1.807, 2.05) is 23.1 Å². The molecule has 1 aliphatic rings. The Balaban J connectivity index is 0.00000128. The molecule has 1 saturated heterocycles. The minimum absolute atomic E-state index is 0. The second kappa shape index (κ2) is 8.75. The summed E-state index contributed by atoms with van der Waals surface area (Å²) in [5, 5.41) is 4.21. The van der Waals surface area contributed by atoms with Crippen LogP contribution in [-0.2, 0) is 6.54 Å². The number of nitrogens with zero attached hydrogens (tertiary/aromatic N) is 3. The van der Waals surface area contributed by atoms with Crippen LogP contribution >= 0.6 is 24.8 Å². The molecular weight excluding hydrogens is 259 g/mol. The highest BCUT2D eigenvalue weighted by molar-refractivity contribution is 5.85. The van der Waals surface area contributed by atoms with Crippen molar-refractivity contribution >= 4 is 24.8 Å². The van der Waals surface area contributed by atoms with E-state index in [1.54, 1.807) is 0 Å². The summed E-state index contributed by atoms with van der Waals surface area (Å²) in [7, 11) is 0. The van der Waals surface area contributed by atoms with Gasteiger partial charge in [0.25, 0.3) is 0 Å². The molecule has 100 valence electrons. The number of nitrogens with two attached hydrogens (primary N) is 1. The molecule has 0 bridgehead atoms. The summed E-state index contributed by atoms with van der Waals surface area (Å²) in [5.41, 5.74) is 5.71. The molecule has 0 aliphatic carbocycles. The lowest BCUT2D eigenvalue weighted by Crippen LogP contribution is -2.39. The highest BCUT2D eigenvalue weighted by atomic mass is 35.5. The molecule has 2 rings (SSSR count). The zero-order valence-electron chi connectivity index (χ0n) is 9.99. The van der Waals surface area contributed by atoms with Crippen LogP contribution in [0.25, 0.3) is 0 Å². The Morgan fingerprint density at radius 1 is 1.29 bits per heavy atom. The first-order valence-corrected chi connectivity index (χ1v) is 5.78. The molecule has 17 heavy (non-hydrogen) atoms. The average Bonchev–Trinajstić information content (AvgIpc) is 2.79. The summed E-state index contributed by atoms with van der Waals surface area (Å²) in [4.78, 5) is 2.50. The van der Waals surface area contributed by atoms with Gasteiger partial charge < -0.3 is 10.6 Å². The van der Waals surface area contributed by atoms with Gasteiger partial charge in [-0.3, -0.25) is 4.68 Å². The molecule has 2 heterocycles. The largest absolute Gasteiger partial charge is 0.330 e. The van der Waals surface area contributed by atoms with Gasteiger partial charge in [-0.05, 0) is 37.9 Å². The van der Waals surface area contributed by atoms with Gasteiger partial charge in [-0.2, -0.15) is 5.10 Å². The second-order valence-electron chi connectivity index (χ2n) is 4.31. The fourth-order valence-corrected chi connectivity index (χ4v) is 2.22. The number of halogens is 2. The topological polar surface area (TPSA) is 47.1 Å². The highest BCUT2D eigenvalue weighted by Crippen LogP contribution is 2.14. The van der Waals surface area contributed by atoms with Crippen LogP contribution in [0, 0.1) is 5.92 Å². The molecule has 1 aliphatic heterocycles. The summed E-state index contributed by atoms with van der Waals surface area (Å²) in [5.74, 6) is 0.705. The minimum Gasteiger partial charge on any atom is -0.330 e. The van der Waals surface area contributed by atoms with Crippen molar-refractivity contribution in [3.8, 4) is 0 Å². The molecule has 0 aromatic carbocycles. The number of piperidine rings is 1.